The summed E-state index contributed by atoms with van der Waals surface area (Å²) < 4.78 is 0. The summed E-state index contributed by atoms with van der Waals surface area (Å²) in [5, 5.41) is 2.90. The van der Waals surface area contributed by atoms with Gasteiger partial charge in [-0.15, -0.1) is 0 Å². The van der Waals surface area contributed by atoms with Crippen molar-refractivity contribution in [2.45, 2.75) is 53.1 Å². The Balaban J connectivity index is 2.19. The molecule has 19 heavy (non-hydrogen) atoms. The van der Waals surface area contributed by atoms with Crippen LogP contribution < -0.4 is 5.32 Å². The highest BCUT2D eigenvalue weighted by Gasteiger charge is 2.46. The molecule has 2 amide bonds. The minimum absolute atomic E-state index is 0.0154. The van der Waals surface area contributed by atoms with Crippen molar-refractivity contribution in [1.82, 2.24) is 10.2 Å². The lowest BCUT2D eigenvalue weighted by Gasteiger charge is -2.42. The lowest BCUT2D eigenvalue weighted by atomic mass is 9.92. The van der Waals surface area contributed by atoms with Crippen LogP contribution in [0, 0.1) is 23.7 Å². The molecule has 1 aliphatic carbocycles. The number of hydrogen-bond donors (Lipinski definition) is 1. The van der Waals surface area contributed by atoms with E-state index < -0.39 is 0 Å². The van der Waals surface area contributed by atoms with Gasteiger partial charge in [0.15, 0.2) is 0 Å². The highest BCUT2D eigenvalue weighted by molar-refractivity contribution is 5.97. The van der Waals surface area contributed by atoms with Gasteiger partial charge in [0.25, 0.3) is 0 Å². The number of hydrogen-bond acceptors (Lipinski definition) is 2. The first-order chi connectivity index (χ1) is 8.82. The van der Waals surface area contributed by atoms with Gasteiger partial charge < -0.3 is 10.2 Å². The number of nitrogens with one attached hydrogen (secondary N) is 1. The molecule has 0 radical (unpaired) electrons. The number of piperazine rings is 1. The Morgan fingerprint density at radius 3 is 2.21 bits per heavy atom. The molecule has 1 saturated carbocycles. The number of amides is 2. The van der Waals surface area contributed by atoms with Crippen LogP contribution in [0.4, 0.5) is 0 Å². The average molecular weight is 266 g/mol. The molecule has 4 heteroatoms. The number of carbonyl (C=O) groups excluding carboxylic acids is 2. The SMILES string of the molecule is CC(C)C1NC(=O)C(C(C)C)N(CC2CC2C)C1=O. The van der Waals surface area contributed by atoms with Crippen LogP contribution in [0.3, 0.4) is 0 Å². The molecule has 2 rings (SSSR count). The molecule has 4 nitrogen and oxygen atoms in total. The molecule has 1 saturated heterocycles. The zero-order valence-electron chi connectivity index (χ0n) is 12.6. The molecule has 108 valence electrons. The number of carbonyl (C=O) groups is 2. The summed E-state index contributed by atoms with van der Waals surface area (Å²) in [6.45, 7) is 10.9. The van der Waals surface area contributed by atoms with E-state index in [9.17, 15) is 9.59 Å². The first-order valence-electron chi connectivity index (χ1n) is 7.43. The third kappa shape index (κ3) is 2.77. The lowest BCUT2D eigenvalue weighted by molar-refractivity contribution is -0.152. The Hall–Kier alpha value is -1.06. The fourth-order valence-corrected chi connectivity index (χ4v) is 2.98. The van der Waals surface area contributed by atoms with Gasteiger partial charge in [-0.3, -0.25) is 9.59 Å². The summed E-state index contributed by atoms with van der Waals surface area (Å²) in [7, 11) is 0. The second-order valence-electron chi connectivity index (χ2n) is 6.88. The van der Waals surface area contributed by atoms with E-state index in [0.29, 0.717) is 11.8 Å². The van der Waals surface area contributed by atoms with Crippen LogP contribution in [0.1, 0.15) is 41.0 Å². The molecule has 1 heterocycles. The van der Waals surface area contributed by atoms with E-state index in [0.717, 1.165) is 6.54 Å². The van der Waals surface area contributed by atoms with E-state index >= 15 is 0 Å². The smallest absolute Gasteiger partial charge is 0.246 e. The van der Waals surface area contributed by atoms with Crippen LogP contribution in [0.15, 0.2) is 0 Å². The molecule has 4 atom stereocenters. The van der Waals surface area contributed by atoms with Gasteiger partial charge in [-0.25, -0.2) is 0 Å². The fraction of sp³-hybridized carbons (Fsp3) is 0.867. The zero-order valence-corrected chi connectivity index (χ0v) is 12.6. The van der Waals surface area contributed by atoms with Crippen molar-refractivity contribution < 1.29 is 9.59 Å². The van der Waals surface area contributed by atoms with Gasteiger partial charge in [-0.05, 0) is 30.1 Å². The maximum absolute atomic E-state index is 12.6. The molecule has 0 aromatic carbocycles. The molecule has 2 aliphatic rings. The zero-order chi connectivity index (χ0) is 14.3. The lowest BCUT2D eigenvalue weighted by Crippen LogP contribution is -2.66. The molecular weight excluding hydrogens is 240 g/mol. The van der Waals surface area contributed by atoms with Crippen molar-refractivity contribution in [2.75, 3.05) is 6.54 Å². The largest absolute Gasteiger partial charge is 0.342 e. The van der Waals surface area contributed by atoms with E-state index in [4.69, 9.17) is 0 Å². The standard InChI is InChI=1S/C15H26N2O2/c1-8(2)12-15(19)17(7-11-6-10(11)5)13(9(3)4)14(18)16-12/h8-13H,6-7H2,1-5H3,(H,16,18). The summed E-state index contributed by atoms with van der Waals surface area (Å²) in [5.74, 6) is 1.70. The van der Waals surface area contributed by atoms with Crippen LogP contribution in [0.5, 0.6) is 0 Å². The fourth-order valence-electron chi connectivity index (χ4n) is 2.98. The molecule has 1 aliphatic heterocycles. The van der Waals surface area contributed by atoms with E-state index in [1.807, 2.05) is 32.6 Å². The van der Waals surface area contributed by atoms with Gasteiger partial charge in [-0.2, -0.15) is 0 Å². The average Bonchev–Trinajstić information content (AvgIpc) is 2.98. The van der Waals surface area contributed by atoms with Gasteiger partial charge in [0.2, 0.25) is 11.8 Å². The third-order valence-electron chi connectivity index (χ3n) is 4.46. The van der Waals surface area contributed by atoms with Crippen molar-refractivity contribution in [1.29, 1.82) is 0 Å². The Kier molecular flexibility index (Phi) is 3.88. The summed E-state index contributed by atoms with van der Waals surface area (Å²) in [6, 6.07) is -0.646. The quantitative estimate of drug-likeness (QED) is 0.841. The van der Waals surface area contributed by atoms with Gasteiger partial charge >= 0.3 is 0 Å². The van der Waals surface area contributed by atoms with Crippen LogP contribution >= 0.6 is 0 Å². The summed E-state index contributed by atoms with van der Waals surface area (Å²) >= 11 is 0. The van der Waals surface area contributed by atoms with Gasteiger partial charge in [0.1, 0.15) is 12.1 Å². The Morgan fingerprint density at radius 2 is 1.79 bits per heavy atom. The predicted octanol–water partition coefficient (Wildman–Crippen LogP) is 1.65. The maximum atomic E-state index is 12.6. The molecule has 0 aromatic heterocycles. The molecule has 2 fully saturated rings. The molecule has 0 spiro atoms. The second-order valence-corrected chi connectivity index (χ2v) is 6.88. The first kappa shape index (κ1) is 14.4. The van der Waals surface area contributed by atoms with Gasteiger partial charge in [0, 0.05) is 6.54 Å². The van der Waals surface area contributed by atoms with Crippen LogP contribution in [0.2, 0.25) is 0 Å². The van der Waals surface area contributed by atoms with E-state index in [-0.39, 0.29) is 35.7 Å². The predicted molar refractivity (Wildman–Crippen MR) is 74.4 cm³/mol. The minimum atomic E-state index is -0.350. The van der Waals surface area contributed by atoms with Gasteiger partial charge in [-0.1, -0.05) is 34.6 Å². The molecule has 4 unspecified atom stereocenters. The van der Waals surface area contributed by atoms with Crippen LogP contribution in [0.25, 0.3) is 0 Å². The van der Waals surface area contributed by atoms with Gasteiger partial charge in [0.05, 0.1) is 0 Å². The Labute approximate surface area is 115 Å². The van der Waals surface area contributed by atoms with Crippen molar-refractivity contribution in [2.24, 2.45) is 23.7 Å². The van der Waals surface area contributed by atoms with Crippen LogP contribution in [-0.4, -0.2) is 35.3 Å². The Bertz CT molecular complexity index is 378. The normalized spacial score (nSPS) is 35.0. The summed E-state index contributed by atoms with van der Waals surface area (Å²) in [4.78, 5) is 26.7. The van der Waals surface area contributed by atoms with Crippen molar-refractivity contribution in [3.8, 4) is 0 Å². The highest BCUT2D eigenvalue weighted by Crippen LogP contribution is 2.39. The first-order valence-corrected chi connectivity index (χ1v) is 7.43. The van der Waals surface area contributed by atoms with E-state index in [1.165, 1.54) is 6.42 Å². The van der Waals surface area contributed by atoms with E-state index in [2.05, 4.69) is 12.2 Å². The number of rotatable bonds is 4. The summed E-state index contributed by atoms with van der Waals surface area (Å²) in [6.07, 6.45) is 1.18. The topological polar surface area (TPSA) is 49.4 Å². The molecular formula is C15H26N2O2. The Morgan fingerprint density at radius 1 is 1.21 bits per heavy atom. The van der Waals surface area contributed by atoms with Crippen molar-refractivity contribution in [3.63, 3.8) is 0 Å². The molecule has 1 N–H and O–H groups in total. The van der Waals surface area contributed by atoms with Crippen molar-refractivity contribution in [3.05, 3.63) is 0 Å². The maximum Gasteiger partial charge on any atom is 0.246 e. The second kappa shape index (κ2) is 5.14. The molecule has 0 aromatic rings. The summed E-state index contributed by atoms with van der Waals surface area (Å²) in [5.41, 5.74) is 0. The van der Waals surface area contributed by atoms with Crippen LogP contribution in [-0.2, 0) is 9.59 Å². The number of nitrogens with zero attached hydrogens (tertiary/aromatic N) is 1. The molecule has 0 bridgehead atoms. The third-order valence-corrected chi connectivity index (χ3v) is 4.46. The monoisotopic (exact) mass is 266 g/mol. The highest BCUT2D eigenvalue weighted by atomic mass is 16.2. The van der Waals surface area contributed by atoms with E-state index in [1.54, 1.807) is 0 Å². The minimum Gasteiger partial charge on any atom is -0.342 e. The van der Waals surface area contributed by atoms with Crippen molar-refractivity contribution >= 4 is 11.8 Å².